The van der Waals surface area contributed by atoms with E-state index in [1.54, 1.807) is 67.6 Å². The first-order valence-corrected chi connectivity index (χ1v) is 22.4. The van der Waals surface area contributed by atoms with Gasteiger partial charge >= 0.3 is 0 Å². The van der Waals surface area contributed by atoms with Gasteiger partial charge in [-0.25, -0.2) is 5.06 Å². The molecule has 3 heterocycles. The van der Waals surface area contributed by atoms with E-state index in [-0.39, 0.29) is 42.4 Å². The number of nitrogens with one attached hydrogen (secondary N) is 1. The average Bonchev–Trinajstić information content (AvgIpc) is 3.75. The molecule has 5 rings (SSSR count). The Bertz CT molecular complexity index is 2620. The molecule has 4 amide bonds. The minimum atomic E-state index is -4.66. The van der Waals surface area contributed by atoms with Gasteiger partial charge in [0, 0.05) is 66.8 Å². The van der Waals surface area contributed by atoms with Crippen molar-refractivity contribution < 1.29 is 50.0 Å². The number of hydrogen-bond acceptors (Lipinski definition) is 11. The maximum absolute atomic E-state index is 13.1. The highest BCUT2D eigenvalue weighted by Crippen LogP contribution is 2.52. The van der Waals surface area contributed by atoms with Crippen molar-refractivity contribution in [1.29, 1.82) is 0 Å². The van der Waals surface area contributed by atoms with Crippen LogP contribution >= 0.6 is 0 Å². The second kappa shape index (κ2) is 18.5. The van der Waals surface area contributed by atoms with Crippen LogP contribution in [0, 0.1) is 5.41 Å². The van der Waals surface area contributed by atoms with Crippen molar-refractivity contribution in [2.45, 2.75) is 44.4 Å². The van der Waals surface area contributed by atoms with Gasteiger partial charge in [0.15, 0.2) is 0 Å². The van der Waals surface area contributed by atoms with Gasteiger partial charge in [0.05, 0.1) is 34.6 Å². The highest BCUT2D eigenvalue weighted by atomic mass is 32.2. The summed E-state index contributed by atoms with van der Waals surface area (Å²) >= 11 is 0. The molecule has 1 atom stereocenters. The first kappa shape index (κ1) is 47.0. The van der Waals surface area contributed by atoms with Crippen molar-refractivity contribution in [2.24, 2.45) is 10.4 Å². The molecule has 0 radical (unpaired) electrons. The van der Waals surface area contributed by atoms with Crippen LogP contribution in [-0.2, 0) is 44.9 Å². The molecule has 2 aromatic rings. The Morgan fingerprint density at radius 1 is 0.952 bits per heavy atom. The Morgan fingerprint density at radius 2 is 1.61 bits per heavy atom. The number of likely N-dealkylation sites (N-methyl/N-ethyl adjacent to an activating group) is 1. The van der Waals surface area contributed by atoms with Gasteiger partial charge in [-0.2, -0.15) is 16.8 Å². The summed E-state index contributed by atoms with van der Waals surface area (Å²) in [6.07, 6.45) is 14.6. The van der Waals surface area contributed by atoms with Crippen molar-refractivity contribution in [3.8, 4) is 0 Å². The van der Waals surface area contributed by atoms with Crippen LogP contribution in [0.1, 0.15) is 55.6 Å². The highest BCUT2D eigenvalue weighted by Gasteiger charge is 2.45. The molecule has 62 heavy (non-hydrogen) atoms. The summed E-state index contributed by atoms with van der Waals surface area (Å²) < 4.78 is 68.0. The van der Waals surface area contributed by atoms with Crippen molar-refractivity contribution in [2.75, 3.05) is 44.4 Å². The van der Waals surface area contributed by atoms with Crippen LogP contribution in [0.4, 0.5) is 5.69 Å². The van der Waals surface area contributed by atoms with Gasteiger partial charge in [-0.05, 0) is 85.5 Å². The Morgan fingerprint density at radius 3 is 2.21 bits per heavy atom. The molecular weight excluding hydrogens is 839 g/mol. The topological polar surface area (TPSA) is 220 Å². The highest BCUT2D eigenvalue weighted by molar-refractivity contribution is 7.86. The quantitative estimate of drug-likeness (QED) is 0.0676. The molecule has 0 bridgehead atoms. The normalized spacial score (nSPS) is 20.4. The van der Waals surface area contributed by atoms with Crippen LogP contribution in [0.25, 0.3) is 0 Å². The number of carbonyl (C=O) groups excluding carboxylic acids is 4. The molecule has 2 aromatic carbocycles. The van der Waals surface area contributed by atoms with E-state index in [9.17, 15) is 45.1 Å². The molecule has 0 saturated heterocycles. The summed E-state index contributed by atoms with van der Waals surface area (Å²) in [6, 6.07) is 10.6. The first-order valence-electron chi connectivity index (χ1n) is 19.4. The van der Waals surface area contributed by atoms with Gasteiger partial charge in [-0.1, -0.05) is 56.9 Å². The maximum Gasteiger partial charge on any atom is 0.294 e. The fraction of sp³-hybridized carbons (Fsp3) is 0.295. The van der Waals surface area contributed by atoms with E-state index < -0.39 is 54.5 Å². The van der Waals surface area contributed by atoms with Crippen LogP contribution in [-0.4, -0.2) is 105 Å². The molecule has 0 aromatic heterocycles. The number of nitrogens with zero attached hydrogens (tertiary/aromatic N) is 4. The fourth-order valence-electron chi connectivity index (χ4n) is 7.44. The predicted octanol–water partition coefficient (Wildman–Crippen LogP) is 4.88. The number of rotatable bonds is 16. The van der Waals surface area contributed by atoms with Crippen molar-refractivity contribution in [3.63, 3.8) is 0 Å². The third kappa shape index (κ3) is 10.0. The lowest BCUT2D eigenvalue weighted by molar-refractivity contribution is -0.163. The summed E-state index contributed by atoms with van der Waals surface area (Å²) in [5.41, 5.74) is 2.93. The number of carbonyl (C=O) groups is 4. The zero-order valence-electron chi connectivity index (χ0n) is 35.2. The maximum atomic E-state index is 13.1. The van der Waals surface area contributed by atoms with Gasteiger partial charge in [0.25, 0.3) is 43.9 Å². The van der Waals surface area contributed by atoms with Crippen molar-refractivity contribution in [3.05, 3.63) is 143 Å². The minimum Gasteiger partial charge on any atom is -0.350 e. The minimum absolute atomic E-state index is 0.00388. The Labute approximate surface area is 361 Å². The summed E-state index contributed by atoms with van der Waals surface area (Å²) in [5, 5.41) is 3.82. The standard InChI is InChI=1S/C44H49N5O11S2/c1-8-30(42(53)47(6)60-7)27-34-29(2)46-37(43(34,3)4)13-10-9-11-14-38-44(5,32-17-15-31(16-18-32)41(52)45-23-25-49-39(50)21-22-40(49)51)35-28-33(62(57,58)59)19-20-36(35)48(38)24-12-26-61(54,55)56/h8-11,13-22,27-28H,2,12,23-26H2,1,3-7H3,(H,45,52)(H,54,55,56)(H,57,58,59)/b11-9+,13-10+,30-8+,34-27+,38-14+. The van der Waals surface area contributed by atoms with Gasteiger partial charge in [-0.3, -0.25) is 43.0 Å². The molecule has 18 heteroatoms. The zero-order valence-corrected chi connectivity index (χ0v) is 36.8. The van der Waals surface area contributed by atoms with Crippen LogP contribution < -0.4 is 10.2 Å². The van der Waals surface area contributed by atoms with E-state index in [0.29, 0.717) is 39.5 Å². The third-order valence-corrected chi connectivity index (χ3v) is 12.6. The lowest BCUT2D eigenvalue weighted by atomic mass is 9.75. The molecule has 0 aliphatic carbocycles. The van der Waals surface area contributed by atoms with E-state index in [1.165, 1.54) is 32.4 Å². The summed E-state index contributed by atoms with van der Waals surface area (Å²) in [6.45, 7) is 11.7. The smallest absolute Gasteiger partial charge is 0.294 e. The second-order valence-corrected chi connectivity index (χ2v) is 18.2. The fourth-order valence-corrected chi connectivity index (χ4v) is 8.45. The molecule has 16 nitrogen and oxygen atoms in total. The molecular formula is C44H49N5O11S2. The zero-order chi connectivity index (χ0) is 45.8. The predicted molar refractivity (Wildman–Crippen MR) is 234 cm³/mol. The number of amides is 4. The SMILES string of the molecule is C=C1N=C(/C=C/C=C/C=C2/N(CCCS(=O)(=O)O)c3ccc(S(=O)(=O)O)cc3C2(C)c2ccc(C(=O)NCCN3C(=O)C=CC3=O)cc2)C(C)(C)/C1=C/C(=C\C)C(=O)N(C)OC. The Balaban J connectivity index is 1.50. The molecule has 0 saturated carbocycles. The summed E-state index contributed by atoms with van der Waals surface area (Å²) in [7, 11) is -6.07. The third-order valence-electron chi connectivity index (χ3n) is 11.0. The number of allylic oxidation sites excluding steroid dienone is 8. The van der Waals surface area contributed by atoms with E-state index in [4.69, 9.17) is 4.84 Å². The van der Waals surface area contributed by atoms with Crippen LogP contribution in [0.2, 0.25) is 0 Å². The van der Waals surface area contributed by atoms with E-state index in [1.807, 2.05) is 31.7 Å². The van der Waals surface area contributed by atoms with Crippen LogP contribution in [0.3, 0.4) is 0 Å². The molecule has 0 fully saturated rings. The number of aliphatic imine (C=N–C) groups is 1. The Kier molecular flexibility index (Phi) is 14.0. The number of hydroxylamine groups is 2. The number of fused-ring (bicyclic) bond motifs is 1. The monoisotopic (exact) mass is 887 g/mol. The molecule has 3 aliphatic rings. The molecule has 3 aliphatic heterocycles. The molecule has 0 spiro atoms. The molecule has 328 valence electrons. The molecule has 3 N–H and O–H groups in total. The van der Waals surface area contributed by atoms with Gasteiger partial charge in [0.1, 0.15) is 0 Å². The van der Waals surface area contributed by atoms with E-state index in [2.05, 4.69) is 16.9 Å². The summed E-state index contributed by atoms with van der Waals surface area (Å²) in [4.78, 5) is 61.9. The number of imide groups is 1. The van der Waals surface area contributed by atoms with Crippen LogP contribution in [0.5, 0.6) is 0 Å². The summed E-state index contributed by atoms with van der Waals surface area (Å²) in [5.74, 6) is -2.29. The van der Waals surface area contributed by atoms with E-state index in [0.717, 1.165) is 27.7 Å². The number of hydrogen-bond donors (Lipinski definition) is 3. The largest absolute Gasteiger partial charge is 0.350 e. The van der Waals surface area contributed by atoms with Gasteiger partial charge < -0.3 is 10.2 Å². The Hall–Kier alpha value is -6.05. The van der Waals surface area contributed by atoms with E-state index >= 15 is 0 Å². The number of anilines is 1. The van der Waals surface area contributed by atoms with Crippen molar-refractivity contribution >= 4 is 55.3 Å². The molecule has 1 unspecified atom stereocenters. The lowest BCUT2D eigenvalue weighted by Crippen LogP contribution is -2.38. The van der Waals surface area contributed by atoms with Gasteiger partial charge in [-0.15, -0.1) is 0 Å². The van der Waals surface area contributed by atoms with Gasteiger partial charge in [0.2, 0.25) is 0 Å². The van der Waals surface area contributed by atoms with Crippen molar-refractivity contribution in [1.82, 2.24) is 15.3 Å². The first-order chi connectivity index (χ1) is 29.0. The average molecular weight is 888 g/mol. The number of benzene rings is 2. The second-order valence-electron chi connectivity index (χ2n) is 15.2. The van der Waals surface area contributed by atoms with Crippen LogP contribution in [0.15, 0.2) is 136 Å². The lowest BCUT2D eigenvalue weighted by Gasteiger charge is -2.31.